The van der Waals surface area contributed by atoms with Gasteiger partial charge >= 0.3 is 6.18 Å². The van der Waals surface area contributed by atoms with Crippen LogP contribution in [0.15, 0.2) is 24.3 Å². The van der Waals surface area contributed by atoms with Crippen LogP contribution in [0.3, 0.4) is 0 Å². The van der Waals surface area contributed by atoms with Crippen molar-refractivity contribution < 1.29 is 18.3 Å². The third-order valence-electron chi connectivity index (χ3n) is 4.37. The molecule has 136 valence electrons. The van der Waals surface area contributed by atoms with E-state index in [0.29, 0.717) is 23.5 Å². The lowest BCUT2D eigenvalue weighted by atomic mass is 10.00. The molecule has 0 bridgehead atoms. The van der Waals surface area contributed by atoms with Gasteiger partial charge in [-0.2, -0.15) is 13.2 Å². The Morgan fingerprint density at radius 3 is 2.72 bits per heavy atom. The van der Waals surface area contributed by atoms with Crippen molar-refractivity contribution >= 4 is 10.9 Å². The van der Waals surface area contributed by atoms with Gasteiger partial charge in [-0.05, 0) is 37.0 Å². The zero-order valence-electron chi connectivity index (χ0n) is 14.0. The molecule has 0 radical (unpaired) electrons. The fraction of sp³-hybridized carbons (Fsp3) is 0.500. The van der Waals surface area contributed by atoms with Crippen LogP contribution in [0.1, 0.15) is 35.8 Å². The number of aliphatic hydroxyl groups excluding tert-OH is 1. The molecule has 4 nitrogen and oxygen atoms in total. The van der Waals surface area contributed by atoms with Crippen LogP contribution in [0.5, 0.6) is 0 Å². The summed E-state index contributed by atoms with van der Waals surface area (Å²) in [4.78, 5) is 3.76. The van der Waals surface area contributed by atoms with E-state index in [1.165, 1.54) is 12.8 Å². The fourth-order valence-electron chi connectivity index (χ4n) is 2.84. The van der Waals surface area contributed by atoms with Crippen molar-refractivity contribution in [3.05, 3.63) is 41.1 Å². The van der Waals surface area contributed by atoms with Crippen molar-refractivity contribution in [2.24, 2.45) is 0 Å². The summed E-state index contributed by atoms with van der Waals surface area (Å²) in [7, 11) is 0. The van der Waals surface area contributed by atoms with Gasteiger partial charge in [0.2, 0.25) is 0 Å². The SMILES string of the molecule is Cc1cccc2c(C(O)CNCCNC3CC3)cc(C(F)(F)F)nc12. The van der Waals surface area contributed by atoms with Gasteiger partial charge in [-0.25, -0.2) is 4.98 Å². The average molecular weight is 353 g/mol. The fourth-order valence-corrected chi connectivity index (χ4v) is 2.84. The first-order valence-corrected chi connectivity index (χ1v) is 8.46. The normalized spacial score (nSPS) is 16.4. The van der Waals surface area contributed by atoms with Crippen LogP contribution < -0.4 is 10.6 Å². The molecule has 1 atom stereocenters. The van der Waals surface area contributed by atoms with Gasteiger partial charge in [0.15, 0.2) is 0 Å². The molecule has 3 N–H and O–H groups in total. The summed E-state index contributed by atoms with van der Waals surface area (Å²) in [5, 5.41) is 17.4. The van der Waals surface area contributed by atoms with Crippen LogP contribution in [0.25, 0.3) is 10.9 Å². The number of para-hydroxylation sites is 1. The Morgan fingerprint density at radius 2 is 2.04 bits per heavy atom. The lowest BCUT2D eigenvalue weighted by molar-refractivity contribution is -0.141. The van der Waals surface area contributed by atoms with Crippen LogP contribution >= 0.6 is 0 Å². The maximum Gasteiger partial charge on any atom is 0.433 e. The summed E-state index contributed by atoms with van der Waals surface area (Å²) < 4.78 is 39.5. The first kappa shape index (κ1) is 18.1. The molecule has 7 heteroatoms. The summed E-state index contributed by atoms with van der Waals surface area (Å²) in [6, 6.07) is 6.73. The maximum absolute atomic E-state index is 13.2. The molecule has 1 aliphatic rings. The Hall–Kier alpha value is -1.70. The van der Waals surface area contributed by atoms with Crippen LogP contribution in [0.2, 0.25) is 0 Å². The largest absolute Gasteiger partial charge is 0.433 e. The summed E-state index contributed by atoms with van der Waals surface area (Å²) in [6.07, 6.45) is -3.18. The molecule has 0 spiro atoms. The van der Waals surface area contributed by atoms with Crippen molar-refractivity contribution in [2.75, 3.05) is 19.6 Å². The van der Waals surface area contributed by atoms with E-state index in [2.05, 4.69) is 15.6 Å². The second kappa shape index (κ2) is 7.27. The van der Waals surface area contributed by atoms with Gasteiger partial charge in [-0.1, -0.05) is 18.2 Å². The molecular weight excluding hydrogens is 331 g/mol. The van der Waals surface area contributed by atoms with Gasteiger partial charge < -0.3 is 15.7 Å². The van der Waals surface area contributed by atoms with Crippen molar-refractivity contribution in [3.63, 3.8) is 0 Å². The number of hydrogen-bond donors (Lipinski definition) is 3. The summed E-state index contributed by atoms with van der Waals surface area (Å²) >= 11 is 0. The Morgan fingerprint density at radius 1 is 1.28 bits per heavy atom. The third-order valence-corrected chi connectivity index (χ3v) is 4.37. The Kier molecular flexibility index (Phi) is 5.27. The van der Waals surface area contributed by atoms with Gasteiger partial charge in [-0.15, -0.1) is 0 Å². The first-order valence-electron chi connectivity index (χ1n) is 8.46. The standard InChI is InChI=1S/C18H22F3N3O/c1-11-3-2-4-13-14(9-16(18(19,20)21)24-17(11)13)15(25)10-22-7-8-23-12-5-6-12/h2-4,9,12,15,22-23,25H,5-8,10H2,1H3. The van der Waals surface area contributed by atoms with E-state index in [-0.39, 0.29) is 17.6 Å². The molecule has 3 rings (SSSR count). The molecule has 1 aromatic carbocycles. The monoisotopic (exact) mass is 353 g/mol. The number of nitrogens with one attached hydrogen (secondary N) is 2. The lowest BCUT2D eigenvalue weighted by Crippen LogP contribution is -2.31. The molecule has 0 amide bonds. The molecule has 0 saturated heterocycles. The number of fused-ring (bicyclic) bond motifs is 1. The summed E-state index contributed by atoms with van der Waals surface area (Å²) in [6.45, 7) is 3.34. The third kappa shape index (κ3) is 4.48. The van der Waals surface area contributed by atoms with Crippen molar-refractivity contribution in [3.8, 4) is 0 Å². The molecule has 1 heterocycles. The number of pyridine rings is 1. The number of aromatic nitrogens is 1. The van der Waals surface area contributed by atoms with E-state index in [1.54, 1.807) is 25.1 Å². The average Bonchev–Trinajstić information content (AvgIpc) is 3.37. The van der Waals surface area contributed by atoms with Crippen LogP contribution in [-0.2, 0) is 6.18 Å². The molecule has 1 aliphatic carbocycles. The zero-order chi connectivity index (χ0) is 18.0. The van der Waals surface area contributed by atoms with Gasteiger partial charge in [-0.3, -0.25) is 0 Å². The van der Waals surface area contributed by atoms with E-state index in [4.69, 9.17) is 0 Å². The van der Waals surface area contributed by atoms with Gasteiger partial charge in [0, 0.05) is 31.1 Å². The summed E-state index contributed by atoms with van der Waals surface area (Å²) in [5.41, 5.74) is 0.211. The van der Waals surface area contributed by atoms with Crippen molar-refractivity contribution in [1.82, 2.24) is 15.6 Å². The summed E-state index contributed by atoms with van der Waals surface area (Å²) in [5.74, 6) is 0. The van der Waals surface area contributed by atoms with Crippen LogP contribution in [0.4, 0.5) is 13.2 Å². The maximum atomic E-state index is 13.2. The number of hydrogen-bond acceptors (Lipinski definition) is 4. The van der Waals surface area contributed by atoms with E-state index in [9.17, 15) is 18.3 Å². The van der Waals surface area contributed by atoms with Crippen molar-refractivity contribution in [1.29, 1.82) is 0 Å². The van der Waals surface area contributed by atoms with E-state index >= 15 is 0 Å². The lowest BCUT2D eigenvalue weighted by Gasteiger charge is -2.18. The predicted molar refractivity (Wildman–Crippen MR) is 90.3 cm³/mol. The van der Waals surface area contributed by atoms with Crippen LogP contribution in [0, 0.1) is 6.92 Å². The van der Waals surface area contributed by atoms with E-state index < -0.39 is 18.0 Å². The number of halogens is 3. The van der Waals surface area contributed by atoms with E-state index in [1.807, 2.05) is 0 Å². The molecular formula is C18H22F3N3O. The number of rotatable bonds is 7. The Bertz CT molecular complexity index is 744. The van der Waals surface area contributed by atoms with Gasteiger partial charge in [0.1, 0.15) is 5.69 Å². The van der Waals surface area contributed by atoms with Gasteiger partial charge in [0.05, 0.1) is 11.6 Å². The second-order valence-electron chi connectivity index (χ2n) is 6.51. The molecule has 2 aromatic rings. The highest BCUT2D eigenvalue weighted by Crippen LogP contribution is 2.33. The molecule has 1 unspecified atom stereocenters. The highest BCUT2D eigenvalue weighted by molar-refractivity contribution is 5.85. The van der Waals surface area contributed by atoms with Crippen LogP contribution in [-0.4, -0.2) is 35.8 Å². The Balaban J connectivity index is 1.78. The minimum atomic E-state index is -4.55. The second-order valence-corrected chi connectivity index (χ2v) is 6.51. The van der Waals surface area contributed by atoms with E-state index in [0.717, 1.165) is 12.6 Å². The quantitative estimate of drug-likeness (QED) is 0.670. The molecule has 1 aromatic heterocycles. The number of nitrogens with zero attached hydrogens (tertiary/aromatic N) is 1. The molecule has 1 saturated carbocycles. The molecule has 25 heavy (non-hydrogen) atoms. The molecule has 1 fully saturated rings. The number of benzene rings is 1. The highest BCUT2D eigenvalue weighted by atomic mass is 19.4. The Labute approximate surface area is 144 Å². The first-order chi connectivity index (χ1) is 11.9. The highest BCUT2D eigenvalue weighted by Gasteiger charge is 2.34. The number of alkyl halides is 3. The minimum absolute atomic E-state index is 0.191. The molecule has 0 aliphatic heterocycles. The number of aryl methyl sites for hydroxylation is 1. The topological polar surface area (TPSA) is 57.2 Å². The number of aliphatic hydroxyl groups is 1. The van der Waals surface area contributed by atoms with Gasteiger partial charge in [0.25, 0.3) is 0 Å². The van der Waals surface area contributed by atoms with Crippen molar-refractivity contribution in [2.45, 2.75) is 38.1 Å². The predicted octanol–water partition coefficient (Wildman–Crippen LogP) is 2.94. The zero-order valence-corrected chi connectivity index (χ0v) is 14.0. The smallest absolute Gasteiger partial charge is 0.387 e. The minimum Gasteiger partial charge on any atom is -0.387 e.